The summed E-state index contributed by atoms with van der Waals surface area (Å²) in [5, 5.41) is 3.17. The number of nitrogens with one attached hydrogen (secondary N) is 1. The summed E-state index contributed by atoms with van der Waals surface area (Å²) >= 11 is 8.66. The molecule has 0 heterocycles. The van der Waals surface area contributed by atoms with Gasteiger partial charge in [0, 0.05) is 28.8 Å². The highest BCUT2D eigenvalue weighted by molar-refractivity contribution is 9.10. The molecule has 2 aromatic rings. The number of carbonyl (C=O) groups is 1. The highest BCUT2D eigenvalue weighted by atomic mass is 79.9. The van der Waals surface area contributed by atoms with Gasteiger partial charge in [0.2, 0.25) is 0 Å². The van der Waals surface area contributed by atoms with Gasteiger partial charge in [-0.1, -0.05) is 28.1 Å². The van der Waals surface area contributed by atoms with Gasteiger partial charge in [-0.25, -0.2) is 0 Å². The van der Waals surface area contributed by atoms with Gasteiger partial charge >= 0.3 is 0 Å². The summed E-state index contributed by atoms with van der Waals surface area (Å²) in [6.45, 7) is 8.54. The molecule has 2 aromatic carbocycles. The maximum atomic E-state index is 12.3. The molecule has 1 amide bonds. The Balaban J connectivity index is 1.99. The van der Waals surface area contributed by atoms with Crippen molar-refractivity contribution in [3.63, 3.8) is 0 Å². The predicted molar refractivity (Wildman–Crippen MR) is 114 cm³/mol. The molecule has 0 bridgehead atoms. The first kappa shape index (κ1) is 19.9. The van der Waals surface area contributed by atoms with Gasteiger partial charge in [-0.15, -0.1) is 13.2 Å². The number of benzene rings is 2. The van der Waals surface area contributed by atoms with Crippen LogP contribution in [0, 0.1) is 0 Å². The number of amides is 1. The second kappa shape index (κ2) is 9.89. The van der Waals surface area contributed by atoms with E-state index in [1.807, 2.05) is 29.2 Å². The second-order valence-electron chi connectivity index (χ2n) is 5.34. The van der Waals surface area contributed by atoms with Gasteiger partial charge < -0.3 is 15.0 Å². The Kier molecular flexibility index (Phi) is 7.56. The molecule has 26 heavy (non-hydrogen) atoms. The molecule has 134 valence electrons. The molecule has 0 atom stereocenters. The lowest BCUT2D eigenvalue weighted by atomic mass is 10.2. The highest BCUT2D eigenvalue weighted by Crippen LogP contribution is 2.17. The van der Waals surface area contributed by atoms with Crippen molar-refractivity contribution in [3.05, 3.63) is 83.9 Å². The van der Waals surface area contributed by atoms with Crippen molar-refractivity contribution in [1.29, 1.82) is 0 Å². The lowest BCUT2D eigenvalue weighted by Gasteiger charge is -2.21. The highest BCUT2D eigenvalue weighted by Gasteiger charge is 2.10. The van der Waals surface area contributed by atoms with E-state index in [0.717, 1.165) is 10.2 Å². The molecule has 0 spiro atoms. The standard InChI is InChI=1S/C20H19BrN2O2S/c1-3-13-23(14-4-2)20(26)25-18-11-5-15(6-12-18)19(24)22-17-9-7-16(21)8-10-17/h3-12H,1-2,13-14H2,(H,22,24). The molecule has 1 N–H and O–H groups in total. The molecule has 2 rings (SSSR count). The second-order valence-corrected chi connectivity index (χ2v) is 6.60. The van der Waals surface area contributed by atoms with Crippen LogP contribution >= 0.6 is 28.1 Å². The van der Waals surface area contributed by atoms with E-state index in [0.29, 0.717) is 29.6 Å². The molecule has 4 nitrogen and oxygen atoms in total. The number of hydrogen-bond acceptors (Lipinski definition) is 3. The van der Waals surface area contributed by atoms with E-state index in [9.17, 15) is 4.79 Å². The maximum absolute atomic E-state index is 12.3. The number of anilines is 1. The Morgan fingerprint density at radius 2 is 1.65 bits per heavy atom. The first-order valence-electron chi connectivity index (χ1n) is 7.89. The van der Waals surface area contributed by atoms with Crippen molar-refractivity contribution in [3.8, 4) is 5.75 Å². The molecule has 0 fully saturated rings. The first-order valence-corrected chi connectivity index (χ1v) is 9.09. The van der Waals surface area contributed by atoms with Gasteiger partial charge in [-0.3, -0.25) is 4.79 Å². The summed E-state index contributed by atoms with van der Waals surface area (Å²) in [5.41, 5.74) is 1.25. The Hall–Kier alpha value is -2.44. The third-order valence-electron chi connectivity index (χ3n) is 3.38. The summed E-state index contributed by atoms with van der Waals surface area (Å²) in [6, 6.07) is 14.2. The number of ether oxygens (including phenoxy) is 1. The molecular weight excluding hydrogens is 412 g/mol. The Morgan fingerprint density at radius 3 is 2.19 bits per heavy atom. The summed E-state index contributed by atoms with van der Waals surface area (Å²) < 4.78 is 6.63. The molecule has 0 aliphatic heterocycles. The predicted octanol–water partition coefficient (Wildman–Crippen LogP) is 5.04. The first-order chi connectivity index (χ1) is 12.5. The SMILES string of the molecule is C=CCN(CC=C)C(=S)Oc1ccc(C(=O)Nc2ccc(Br)cc2)cc1. The number of hydrogen-bond donors (Lipinski definition) is 1. The minimum Gasteiger partial charge on any atom is -0.432 e. The van der Waals surface area contributed by atoms with Crippen molar-refractivity contribution < 1.29 is 9.53 Å². The molecule has 0 saturated heterocycles. The van der Waals surface area contributed by atoms with Crippen molar-refractivity contribution in [2.45, 2.75) is 0 Å². The molecule has 0 radical (unpaired) electrons. The van der Waals surface area contributed by atoms with Crippen molar-refractivity contribution >= 4 is 44.9 Å². The van der Waals surface area contributed by atoms with Crippen LogP contribution in [0.4, 0.5) is 5.69 Å². The van der Waals surface area contributed by atoms with E-state index in [2.05, 4.69) is 34.4 Å². The van der Waals surface area contributed by atoms with Crippen LogP contribution in [-0.2, 0) is 0 Å². The zero-order valence-electron chi connectivity index (χ0n) is 14.2. The normalized spacial score (nSPS) is 9.88. The van der Waals surface area contributed by atoms with Gasteiger partial charge in [-0.2, -0.15) is 0 Å². The van der Waals surface area contributed by atoms with Crippen LogP contribution in [0.25, 0.3) is 0 Å². The van der Waals surface area contributed by atoms with E-state index in [4.69, 9.17) is 17.0 Å². The monoisotopic (exact) mass is 430 g/mol. The van der Waals surface area contributed by atoms with Gasteiger partial charge in [-0.05, 0) is 60.7 Å². The van der Waals surface area contributed by atoms with Gasteiger partial charge in [0.15, 0.2) is 0 Å². The van der Waals surface area contributed by atoms with E-state index in [-0.39, 0.29) is 5.91 Å². The van der Waals surface area contributed by atoms with Crippen molar-refractivity contribution in [2.75, 3.05) is 18.4 Å². The molecule has 0 saturated carbocycles. The molecule has 0 aliphatic rings. The van der Waals surface area contributed by atoms with Crippen molar-refractivity contribution in [1.82, 2.24) is 4.90 Å². The van der Waals surface area contributed by atoms with Crippen LogP contribution in [0.1, 0.15) is 10.4 Å². The molecular formula is C20H19BrN2O2S. The lowest BCUT2D eigenvalue weighted by molar-refractivity contribution is 0.102. The molecule has 0 unspecified atom stereocenters. The zero-order valence-corrected chi connectivity index (χ0v) is 16.6. The Morgan fingerprint density at radius 1 is 1.08 bits per heavy atom. The number of rotatable bonds is 7. The molecule has 0 aliphatic carbocycles. The minimum atomic E-state index is -0.193. The summed E-state index contributed by atoms with van der Waals surface area (Å²) in [7, 11) is 0. The van der Waals surface area contributed by atoms with Gasteiger partial charge in [0.1, 0.15) is 5.75 Å². The zero-order chi connectivity index (χ0) is 18.9. The minimum absolute atomic E-state index is 0.193. The molecule has 6 heteroatoms. The van der Waals surface area contributed by atoms with Crippen LogP contribution in [0.3, 0.4) is 0 Å². The van der Waals surface area contributed by atoms with E-state index in [1.54, 1.807) is 36.4 Å². The average molecular weight is 431 g/mol. The average Bonchev–Trinajstić information content (AvgIpc) is 2.64. The van der Waals surface area contributed by atoms with Crippen molar-refractivity contribution in [2.24, 2.45) is 0 Å². The summed E-state index contributed by atoms with van der Waals surface area (Å²) in [5.74, 6) is 0.370. The number of nitrogens with zero attached hydrogens (tertiary/aromatic N) is 1. The van der Waals surface area contributed by atoms with Crippen LogP contribution in [0.5, 0.6) is 5.75 Å². The smallest absolute Gasteiger partial charge is 0.265 e. The third-order valence-corrected chi connectivity index (χ3v) is 4.25. The van der Waals surface area contributed by atoms with E-state index in [1.165, 1.54) is 0 Å². The van der Waals surface area contributed by atoms with Crippen LogP contribution < -0.4 is 10.1 Å². The fourth-order valence-corrected chi connectivity index (χ4v) is 2.62. The fourth-order valence-electron chi connectivity index (χ4n) is 2.11. The summed E-state index contributed by atoms with van der Waals surface area (Å²) in [4.78, 5) is 14.1. The largest absolute Gasteiger partial charge is 0.432 e. The van der Waals surface area contributed by atoms with E-state index >= 15 is 0 Å². The Bertz CT molecular complexity index is 778. The van der Waals surface area contributed by atoms with Crippen LogP contribution in [-0.4, -0.2) is 29.1 Å². The lowest BCUT2D eigenvalue weighted by Crippen LogP contribution is -2.33. The maximum Gasteiger partial charge on any atom is 0.265 e. The summed E-state index contributed by atoms with van der Waals surface area (Å²) in [6.07, 6.45) is 3.49. The number of carbonyl (C=O) groups excluding carboxylic acids is 1. The molecule has 0 aromatic heterocycles. The Labute approximate surface area is 167 Å². The van der Waals surface area contributed by atoms with Crippen LogP contribution in [0.15, 0.2) is 78.3 Å². The number of halogens is 1. The van der Waals surface area contributed by atoms with E-state index < -0.39 is 0 Å². The quantitative estimate of drug-likeness (QED) is 0.493. The fraction of sp³-hybridized carbons (Fsp3) is 0.100. The van der Waals surface area contributed by atoms with Crippen LogP contribution in [0.2, 0.25) is 0 Å². The third kappa shape index (κ3) is 5.82. The van der Waals surface area contributed by atoms with Gasteiger partial charge in [0.25, 0.3) is 11.1 Å². The topological polar surface area (TPSA) is 41.6 Å². The van der Waals surface area contributed by atoms with Gasteiger partial charge in [0.05, 0.1) is 0 Å². The number of thiocarbonyl (C=S) groups is 1.